The topological polar surface area (TPSA) is 73.6 Å². The van der Waals surface area contributed by atoms with Crippen LogP contribution in [0.4, 0.5) is 10.5 Å². The fourth-order valence-corrected chi connectivity index (χ4v) is 5.40. The Balaban J connectivity index is 1.05. The lowest BCUT2D eigenvalue weighted by Crippen LogP contribution is -2.60. The van der Waals surface area contributed by atoms with Crippen molar-refractivity contribution in [1.82, 2.24) is 20.7 Å². The van der Waals surface area contributed by atoms with Crippen LogP contribution in [0.25, 0.3) is 0 Å². The van der Waals surface area contributed by atoms with Crippen molar-refractivity contribution in [3.63, 3.8) is 0 Å². The molecule has 0 bridgehead atoms. The van der Waals surface area contributed by atoms with Gasteiger partial charge in [-0.15, -0.1) is 0 Å². The first-order valence-electron chi connectivity index (χ1n) is 13.0. The molecule has 1 aromatic heterocycles. The maximum absolute atomic E-state index is 12.4. The molecule has 2 heterocycles. The Hall–Kier alpha value is -3.32. The fourth-order valence-electron chi connectivity index (χ4n) is 5.40. The molecular formula is C29H37N5O2. The van der Waals surface area contributed by atoms with Crippen molar-refractivity contribution in [3.8, 4) is 0 Å². The summed E-state index contributed by atoms with van der Waals surface area (Å²) in [5.41, 5.74) is 3.41. The van der Waals surface area contributed by atoms with Gasteiger partial charge in [-0.25, -0.2) is 4.79 Å². The van der Waals surface area contributed by atoms with Crippen molar-refractivity contribution in [2.45, 2.75) is 45.8 Å². The fraction of sp³-hybridized carbons (Fsp3) is 0.448. The van der Waals surface area contributed by atoms with Crippen molar-refractivity contribution in [2.24, 2.45) is 11.3 Å². The van der Waals surface area contributed by atoms with Crippen molar-refractivity contribution in [3.05, 3.63) is 83.7 Å². The minimum absolute atomic E-state index is 0.0109. The average molecular weight is 488 g/mol. The Bertz CT molecular complexity index is 1120. The molecule has 2 amide bonds. The summed E-state index contributed by atoms with van der Waals surface area (Å²) in [6.45, 7) is 9.87. The van der Waals surface area contributed by atoms with Crippen molar-refractivity contribution in [1.29, 1.82) is 0 Å². The molecule has 2 N–H and O–H groups in total. The number of amides is 2. The van der Waals surface area contributed by atoms with Crippen LogP contribution in [0, 0.1) is 11.3 Å². The number of carbonyl (C=O) groups excluding carboxylic acids is 1. The lowest BCUT2D eigenvalue weighted by Gasteiger charge is -2.52. The molecule has 7 nitrogen and oxygen atoms in total. The third kappa shape index (κ3) is 5.73. The highest BCUT2D eigenvalue weighted by molar-refractivity contribution is 5.74. The minimum atomic E-state index is -0.105. The Morgan fingerprint density at radius 2 is 1.72 bits per heavy atom. The van der Waals surface area contributed by atoms with Crippen LogP contribution in [-0.4, -0.2) is 48.3 Å². The molecule has 2 fully saturated rings. The van der Waals surface area contributed by atoms with E-state index >= 15 is 0 Å². The third-order valence-electron chi connectivity index (χ3n) is 8.01. The number of para-hydroxylation sites is 1. The van der Waals surface area contributed by atoms with Gasteiger partial charge in [-0.3, -0.25) is 4.90 Å². The van der Waals surface area contributed by atoms with Crippen molar-refractivity contribution in [2.75, 3.05) is 31.1 Å². The molecule has 2 aliphatic rings. The summed E-state index contributed by atoms with van der Waals surface area (Å²) < 4.78 is 5.70. The number of urea groups is 1. The highest BCUT2D eigenvalue weighted by Gasteiger charge is 2.48. The molecule has 190 valence electrons. The maximum Gasteiger partial charge on any atom is 0.315 e. The third-order valence-corrected chi connectivity index (χ3v) is 8.01. The molecular weight excluding hydrogens is 450 g/mol. The van der Waals surface area contributed by atoms with Gasteiger partial charge in [-0.2, -0.15) is 0 Å². The van der Waals surface area contributed by atoms with Gasteiger partial charge < -0.3 is 20.1 Å². The second-order valence-electron chi connectivity index (χ2n) is 10.7. The monoisotopic (exact) mass is 487 g/mol. The van der Waals surface area contributed by atoms with E-state index in [4.69, 9.17) is 4.52 Å². The number of hydrogen-bond donors (Lipinski definition) is 2. The molecule has 0 spiro atoms. The Kier molecular flexibility index (Phi) is 7.28. The molecule has 1 saturated heterocycles. The van der Waals surface area contributed by atoms with E-state index < -0.39 is 0 Å². The summed E-state index contributed by atoms with van der Waals surface area (Å²) in [5, 5.41) is 10.5. The minimum Gasteiger partial charge on any atom is -0.369 e. The molecule has 5 rings (SSSR count). The van der Waals surface area contributed by atoms with Gasteiger partial charge in [0.2, 0.25) is 0 Å². The molecule has 2 unspecified atom stereocenters. The number of rotatable bonds is 8. The summed E-state index contributed by atoms with van der Waals surface area (Å²) in [6, 6.07) is 22.8. The summed E-state index contributed by atoms with van der Waals surface area (Å²) >= 11 is 0. The highest BCUT2D eigenvalue weighted by Crippen LogP contribution is 2.47. The molecule has 0 radical (unpaired) electrons. The van der Waals surface area contributed by atoms with Crippen LogP contribution < -0.4 is 15.5 Å². The Morgan fingerprint density at radius 3 is 2.42 bits per heavy atom. The average Bonchev–Trinajstić information content (AvgIpc) is 3.35. The molecule has 1 saturated carbocycles. The van der Waals surface area contributed by atoms with E-state index in [2.05, 4.69) is 75.8 Å². The van der Waals surface area contributed by atoms with Crippen LogP contribution in [0.15, 0.2) is 71.3 Å². The van der Waals surface area contributed by atoms with E-state index in [9.17, 15) is 4.79 Å². The number of nitrogens with zero attached hydrogens (tertiary/aromatic N) is 3. The van der Waals surface area contributed by atoms with Gasteiger partial charge in [-0.1, -0.05) is 67.5 Å². The molecule has 3 aromatic rings. The van der Waals surface area contributed by atoms with Gasteiger partial charge in [0.05, 0.1) is 12.2 Å². The number of benzene rings is 2. The van der Waals surface area contributed by atoms with Gasteiger partial charge in [-0.05, 0) is 41.9 Å². The zero-order chi connectivity index (χ0) is 25.0. The smallest absolute Gasteiger partial charge is 0.315 e. The number of carbonyl (C=O) groups is 1. The predicted octanol–water partition coefficient (Wildman–Crippen LogP) is 4.45. The van der Waals surface area contributed by atoms with E-state index in [1.807, 2.05) is 30.3 Å². The van der Waals surface area contributed by atoms with Crippen LogP contribution in [-0.2, 0) is 19.5 Å². The van der Waals surface area contributed by atoms with Crippen molar-refractivity contribution < 1.29 is 9.32 Å². The van der Waals surface area contributed by atoms with E-state index in [-0.39, 0.29) is 17.5 Å². The quantitative estimate of drug-likeness (QED) is 0.491. The SMILES string of the molecule is CC1(C)C(Cc2cc(CN3CCN(c4ccccc4)CC3)on2)CC1NC(=O)NCc1ccccc1. The number of anilines is 1. The van der Waals surface area contributed by atoms with Gasteiger partial charge in [0.25, 0.3) is 0 Å². The van der Waals surface area contributed by atoms with Gasteiger partial charge in [0, 0.05) is 50.5 Å². The number of hydrogen-bond acceptors (Lipinski definition) is 5. The van der Waals surface area contributed by atoms with E-state index in [0.29, 0.717) is 12.5 Å². The first-order chi connectivity index (χ1) is 17.5. The number of piperazine rings is 1. The zero-order valence-corrected chi connectivity index (χ0v) is 21.3. The highest BCUT2D eigenvalue weighted by atomic mass is 16.5. The summed E-state index contributed by atoms with van der Waals surface area (Å²) in [4.78, 5) is 17.3. The van der Waals surface area contributed by atoms with Crippen LogP contribution in [0.1, 0.15) is 37.3 Å². The normalized spacial score (nSPS) is 21.6. The van der Waals surface area contributed by atoms with E-state index in [1.54, 1.807) is 0 Å². The van der Waals surface area contributed by atoms with Gasteiger partial charge in [0.1, 0.15) is 0 Å². The predicted molar refractivity (Wildman–Crippen MR) is 142 cm³/mol. The molecule has 7 heteroatoms. The van der Waals surface area contributed by atoms with Gasteiger partial charge >= 0.3 is 6.03 Å². The van der Waals surface area contributed by atoms with Crippen LogP contribution in [0.5, 0.6) is 0 Å². The lowest BCUT2D eigenvalue weighted by atomic mass is 9.57. The second kappa shape index (κ2) is 10.7. The summed E-state index contributed by atoms with van der Waals surface area (Å²) in [5.74, 6) is 1.40. The van der Waals surface area contributed by atoms with Crippen LogP contribution in [0.3, 0.4) is 0 Å². The molecule has 2 aromatic carbocycles. The van der Waals surface area contributed by atoms with Gasteiger partial charge in [0.15, 0.2) is 5.76 Å². The standard InChI is InChI=1S/C29H37N5O2/c1-29(2)23(18-27(29)31-28(35)30-20-22-9-5-3-6-10-22)17-24-19-26(36-32-24)21-33-13-15-34(16-14-33)25-11-7-4-8-12-25/h3-12,19,23,27H,13-18,20-21H2,1-2H3,(H2,30,31,35). The Labute approximate surface area is 213 Å². The van der Waals surface area contributed by atoms with Crippen LogP contribution >= 0.6 is 0 Å². The van der Waals surface area contributed by atoms with Crippen molar-refractivity contribution >= 4 is 11.7 Å². The molecule has 1 aliphatic heterocycles. The van der Waals surface area contributed by atoms with E-state index in [1.165, 1.54) is 5.69 Å². The summed E-state index contributed by atoms with van der Waals surface area (Å²) in [6.07, 6.45) is 1.83. The first-order valence-corrected chi connectivity index (χ1v) is 13.0. The summed E-state index contributed by atoms with van der Waals surface area (Å²) in [7, 11) is 0. The second-order valence-corrected chi connectivity index (χ2v) is 10.7. The largest absolute Gasteiger partial charge is 0.369 e. The zero-order valence-electron chi connectivity index (χ0n) is 21.3. The number of aromatic nitrogens is 1. The lowest BCUT2D eigenvalue weighted by molar-refractivity contribution is 0.0200. The maximum atomic E-state index is 12.4. The van der Waals surface area contributed by atoms with Crippen LogP contribution in [0.2, 0.25) is 0 Å². The first kappa shape index (κ1) is 24.4. The van der Waals surface area contributed by atoms with E-state index in [0.717, 1.165) is 62.6 Å². The molecule has 36 heavy (non-hydrogen) atoms. The molecule has 1 aliphatic carbocycles. The Morgan fingerprint density at radius 1 is 1.03 bits per heavy atom. The number of nitrogens with one attached hydrogen (secondary N) is 2. The molecule has 2 atom stereocenters.